The van der Waals surface area contributed by atoms with Crippen LogP contribution < -0.4 is 0 Å². The van der Waals surface area contributed by atoms with Crippen LogP contribution in [0.15, 0.2) is 54.0 Å². The summed E-state index contributed by atoms with van der Waals surface area (Å²) in [5.41, 5.74) is 2.71. The Kier molecular flexibility index (Phi) is 6.43. The molecule has 2 atom stereocenters. The van der Waals surface area contributed by atoms with E-state index in [2.05, 4.69) is 57.9 Å². The van der Waals surface area contributed by atoms with E-state index in [4.69, 9.17) is 4.99 Å². The van der Waals surface area contributed by atoms with Gasteiger partial charge in [-0.3, -0.25) is 15.0 Å². The van der Waals surface area contributed by atoms with Gasteiger partial charge in [0.1, 0.15) is 0 Å². The molecule has 0 amide bonds. The lowest BCUT2D eigenvalue weighted by atomic mass is 9.90. The molecule has 2 aromatic heterocycles. The standard InChI is InChI=1S/C24H33N5/c1-19(2)27-24(28-13-5-9-22(17-28)20-7-3-11-25-15-20)29-14-6-10-23(18-29)21-8-4-12-26-16-21/h3-4,7-8,11-12,15-16,19,22-23H,5-6,9-10,13-14,17-18H2,1-2H3. The van der Waals surface area contributed by atoms with Crippen LogP contribution in [0.25, 0.3) is 0 Å². The topological polar surface area (TPSA) is 44.6 Å². The monoisotopic (exact) mass is 391 g/mol. The SMILES string of the molecule is CC(C)N=C(N1CCCC(c2cccnc2)C1)N1CCCC(c2cccnc2)C1. The zero-order valence-electron chi connectivity index (χ0n) is 17.7. The van der Waals surface area contributed by atoms with Crippen molar-refractivity contribution in [3.05, 3.63) is 60.2 Å². The fourth-order valence-electron chi connectivity index (χ4n) is 4.69. The quantitative estimate of drug-likeness (QED) is 0.578. The molecule has 154 valence electrons. The van der Waals surface area contributed by atoms with E-state index in [1.807, 2.05) is 24.8 Å². The van der Waals surface area contributed by atoms with Crippen molar-refractivity contribution in [2.45, 2.75) is 57.4 Å². The first-order valence-corrected chi connectivity index (χ1v) is 11.1. The summed E-state index contributed by atoms with van der Waals surface area (Å²) in [7, 11) is 0. The summed E-state index contributed by atoms with van der Waals surface area (Å²) in [4.78, 5) is 18.9. The normalized spacial score (nSPS) is 22.6. The maximum atomic E-state index is 5.12. The molecule has 0 bridgehead atoms. The van der Waals surface area contributed by atoms with E-state index in [-0.39, 0.29) is 0 Å². The molecule has 0 aliphatic carbocycles. The first-order chi connectivity index (χ1) is 14.2. The van der Waals surface area contributed by atoms with E-state index in [0.717, 1.165) is 26.2 Å². The van der Waals surface area contributed by atoms with Crippen molar-refractivity contribution in [1.82, 2.24) is 19.8 Å². The van der Waals surface area contributed by atoms with Crippen LogP contribution in [0, 0.1) is 0 Å². The van der Waals surface area contributed by atoms with Crippen molar-refractivity contribution >= 4 is 5.96 Å². The van der Waals surface area contributed by atoms with E-state index in [9.17, 15) is 0 Å². The smallest absolute Gasteiger partial charge is 0.196 e. The second-order valence-corrected chi connectivity index (χ2v) is 8.67. The zero-order valence-corrected chi connectivity index (χ0v) is 17.7. The lowest BCUT2D eigenvalue weighted by molar-refractivity contribution is 0.230. The number of hydrogen-bond donors (Lipinski definition) is 0. The molecule has 0 radical (unpaired) electrons. The second kappa shape index (κ2) is 9.38. The first-order valence-electron chi connectivity index (χ1n) is 11.1. The van der Waals surface area contributed by atoms with Crippen LogP contribution >= 0.6 is 0 Å². The molecule has 2 fully saturated rings. The Labute approximate surface area is 174 Å². The van der Waals surface area contributed by atoms with Gasteiger partial charge in [0.05, 0.1) is 0 Å². The van der Waals surface area contributed by atoms with Crippen LogP contribution in [0.5, 0.6) is 0 Å². The molecule has 0 saturated carbocycles. The van der Waals surface area contributed by atoms with Gasteiger partial charge in [-0.2, -0.15) is 0 Å². The molecule has 0 aromatic carbocycles. The molecule has 2 unspecified atom stereocenters. The largest absolute Gasteiger partial charge is 0.342 e. The lowest BCUT2D eigenvalue weighted by Gasteiger charge is -2.42. The Morgan fingerprint density at radius 2 is 1.41 bits per heavy atom. The van der Waals surface area contributed by atoms with E-state index in [1.54, 1.807) is 0 Å². The van der Waals surface area contributed by atoms with Crippen LogP contribution in [-0.2, 0) is 0 Å². The average molecular weight is 392 g/mol. The van der Waals surface area contributed by atoms with Crippen molar-refractivity contribution < 1.29 is 0 Å². The van der Waals surface area contributed by atoms with Crippen molar-refractivity contribution in [1.29, 1.82) is 0 Å². The number of pyridine rings is 2. The number of likely N-dealkylation sites (tertiary alicyclic amines) is 2. The van der Waals surface area contributed by atoms with Crippen LogP contribution in [0.2, 0.25) is 0 Å². The molecule has 2 aromatic rings. The molecular formula is C24H33N5. The number of aromatic nitrogens is 2. The third-order valence-electron chi connectivity index (χ3n) is 6.09. The molecule has 0 N–H and O–H groups in total. The number of nitrogens with zero attached hydrogens (tertiary/aromatic N) is 5. The van der Waals surface area contributed by atoms with Gasteiger partial charge < -0.3 is 9.80 Å². The van der Waals surface area contributed by atoms with Gasteiger partial charge >= 0.3 is 0 Å². The molecule has 2 aliphatic heterocycles. The fourth-order valence-corrected chi connectivity index (χ4v) is 4.69. The summed E-state index contributed by atoms with van der Waals surface area (Å²) < 4.78 is 0. The van der Waals surface area contributed by atoms with Crippen LogP contribution in [0.3, 0.4) is 0 Å². The maximum absolute atomic E-state index is 5.12. The van der Waals surface area contributed by atoms with Crippen molar-refractivity contribution in [2.24, 2.45) is 4.99 Å². The molecule has 2 aliphatic rings. The van der Waals surface area contributed by atoms with E-state index in [0.29, 0.717) is 17.9 Å². The maximum Gasteiger partial charge on any atom is 0.196 e. The molecular weight excluding hydrogens is 358 g/mol. The van der Waals surface area contributed by atoms with E-state index < -0.39 is 0 Å². The number of piperidine rings is 2. The minimum atomic E-state index is 0.294. The van der Waals surface area contributed by atoms with Gasteiger partial charge in [0.2, 0.25) is 0 Å². The van der Waals surface area contributed by atoms with Crippen LogP contribution in [-0.4, -0.2) is 57.9 Å². The minimum absolute atomic E-state index is 0.294. The highest BCUT2D eigenvalue weighted by Gasteiger charge is 2.30. The Bertz CT molecular complexity index is 728. The lowest BCUT2D eigenvalue weighted by Crippen LogP contribution is -2.51. The van der Waals surface area contributed by atoms with Gasteiger partial charge in [-0.05, 0) is 62.8 Å². The van der Waals surface area contributed by atoms with Crippen molar-refractivity contribution in [3.8, 4) is 0 Å². The van der Waals surface area contributed by atoms with Gasteiger partial charge in [-0.25, -0.2) is 0 Å². The number of guanidine groups is 1. The molecule has 2 saturated heterocycles. The average Bonchev–Trinajstić information content (AvgIpc) is 2.79. The van der Waals surface area contributed by atoms with Gasteiger partial charge in [0.25, 0.3) is 0 Å². The minimum Gasteiger partial charge on any atom is -0.342 e. The van der Waals surface area contributed by atoms with Gasteiger partial charge in [0, 0.05) is 68.8 Å². The molecule has 5 nitrogen and oxygen atoms in total. The summed E-state index contributed by atoms with van der Waals surface area (Å²) in [5, 5.41) is 0. The predicted molar refractivity (Wildman–Crippen MR) is 118 cm³/mol. The third-order valence-corrected chi connectivity index (χ3v) is 6.09. The highest BCUT2D eigenvalue weighted by Crippen LogP contribution is 2.30. The van der Waals surface area contributed by atoms with Crippen molar-refractivity contribution in [3.63, 3.8) is 0 Å². The van der Waals surface area contributed by atoms with Crippen molar-refractivity contribution in [2.75, 3.05) is 26.2 Å². The Morgan fingerprint density at radius 1 is 0.897 bits per heavy atom. The third kappa shape index (κ3) is 4.95. The zero-order chi connectivity index (χ0) is 20.1. The summed E-state index contributed by atoms with van der Waals surface area (Å²) in [5.74, 6) is 2.27. The second-order valence-electron chi connectivity index (χ2n) is 8.67. The highest BCUT2D eigenvalue weighted by molar-refractivity contribution is 5.80. The van der Waals surface area contributed by atoms with Crippen LogP contribution in [0.4, 0.5) is 0 Å². The summed E-state index contributed by atoms with van der Waals surface area (Å²) in [6, 6.07) is 8.85. The molecule has 5 heteroatoms. The Balaban J connectivity index is 1.53. The van der Waals surface area contributed by atoms with Crippen LogP contribution in [0.1, 0.15) is 62.5 Å². The van der Waals surface area contributed by atoms with Gasteiger partial charge in [-0.1, -0.05) is 12.1 Å². The molecule has 29 heavy (non-hydrogen) atoms. The number of aliphatic imine (C=N–C) groups is 1. The van der Waals surface area contributed by atoms with Gasteiger partial charge in [-0.15, -0.1) is 0 Å². The predicted octanol–water partition coefficient (Wildman–Crippen LogP) is 4.30. The summed E-state index contributed by atoms with van der Waals surface area (Å²) >= 11 is 0. The summed E-state index contributed by atoms with van der Waals surface area (Å²) in [6.07, 6.45) is 12.7. The molecule has 0 spiro atoms. The number of hydrogen-bond acceptors (Lipinski definition) is 3. The Hall–Kier alpha value is -2.43. The summed E-state index contributed by atoms with van der Waals surface area (Å²) in [6.45, 7) is 8.62. The highest BCUT2D eigenvalue weighted by atomic mass is 15.4. The fraction of sp³-hybridized carbons (Fsp3) is 0.542. The molecule has 4 rings (SSSR count). The molecule has 4 heterocycles. The Morgan fingerprint density at radius 3 is 1.83 bits per heavy atom. The van der Waals surface area contributed by atoms with Gasteiger partial charge in [0.15, 0.2) is 5.96 Å². The number of rotatable bonds is 3. The van der Waals surface area contributed by atoms with E-state index >= 15 is 0 Å². The van der Waals surface area contributed by atoms with E-state index in [1.165, 1.54) is 42.8 Å². The first kappa shape index (κ1) is 19.9.